The van der Waals surface area contributed by atoms with Crippen molar-refractivity contribution in [3.8, 4) is 0 Å². The average molecular weight is 311 g/mol. The van der Waals surface area contributed by atoms with Gasteiger partial charge in [0.1, 0.15) is 0 Å². The van der Waals surface area contributed by atoms with Crippen molar-refractivity contribution in [3.63, 3.8) is 0 Å². The maximum absolute atomic E-state index is 12.2. The van der Waals surface area contributed by atoms with E-state index in [1.54, 1.807) is 43.3 Å². The summed E-state index contributed by atoms with van der Waals surface area (Å²) in [6.45, 7) is 1.78. The van der Waals surface area contributed by atoms with Gasteiger partial charge in [-0.15, -0.1) is 0 Å². The molecule has 6 heteroatoms. The quantitative estimate of drug-likeness (QED) is 0.853. The van der Waals surface area contributed by atoms with Gasteiger partial charge >= 0.3 is 0 Å². The van der Waals surface area contributed by atoms with Crippen LogP contribution in [0.5, 0.6) is 0 Å². The van der Waals surface area contributed by atoms with Crippen LogP contribution in [0, 0.1) is 0 Å². The molecule has 0 heterocycles. The molecule has 106 valence electrons. The summed E-state index contributed by atoms with van der Waals surface area (Å²) >= 11 is 5.81. The Morgan fingerprint density at radius 3 is 2.15 bits per heavy atom. The van der Waals surface area contributed by atoms with E-state index in [1.165, 1.54) is 12.1 Å². The first-order valence-electron chi connectivity index (χ1n) is 6.02. The second-order valence-corrected chi connectivity index (χ2v) is 6.61. The standard InChI is InChI=1S/C14H15ClN2O2S/c1-10(11-2-4-12(15)5-3-11)17-20(18,19)14-8-6-13(16)7-9-14/h2-10,17H,16H2,1H3/t10-/m0/s1. The van der Waals surface area contributed by atoms with Gasteiger partial charge < -0.3 is 5.73 Å². The second kappa shape index (κ2) is 5.83. The third kappa shape index (κ3) is 3.50. The lowest BCUT2D eigenvalue weighted by molar-refractivity contribution is 0.567. The van der Waals surface area contributed by atoms with Gasteiger partial charge in [0.05, 0.1) is 4.90 Å². The molecule has 2 aromatic carbocycles. The van der Waals surface area contributed by atoms with E-state index in [0.29, 0.717) is 10.7 Å². The summed E-state index contributed by atoms with van der Waals surface area (Å²) in [5.74, 6) is 0. The predicted octanol–water partition coefficient (Wildman–Crippen LogP) is 2.96. The molecule has 0 aliphatic carbocycles. The highest BCUT2D eigenvalue weighted by molar-refractivity contribution is 7.89. The monoisotopic (exact) mass is 310 g/mol. The van der Waals surface area contributed by atoms with Crippen LogP contribution in [0.3, 0.4) is 0 Å². The van der Waals surface area contributed by atoms with E-state index in [1.807, 2.05) is 0 Å². The number of anilines is 1. The summed E-state index contributed by atoms with van der Waals surface area (Å²) in [6.07, 6.45) is 0. The fraction of sp³-hybridized carbons (Fsp3) is 0.143. The number of benzene rings is 2. The molecule has 0 aromatic heterocycles. The van der Waals surface area contributed by atoms with E-state index in [9.17, 15) is 8.42 Å². The van der Waals surface area contributed by atoms with Gasteiger partial charge in [-0.2, -0.15) is 0 Å². The number of rotatable bonds is 4. The average Bonchev–Trinajstić information content (AvgIpc) is 2.39. The summed E-state index contributed by atoms with van der Waals surface area (Å²) in [4.78, 5) is 0.188. The van der Waals surface area contributed by atoms with Crippen LogP contribution in [0.1, 0.15) is 18.5 Å². The predicted molar refractivity (Wildman–Crippen MR) is 81.0 cm³/mol. The zero-order valence-electron chi connectivity index (χ0n) is 10.9. The molecule has 0 unspecified atom stereocenters. The Bertz CT molecular complexity index is 682. The van der Waals surface area contributed by atoms with Crippen molar-refractivity contribution in [2.24, 2.45) is 0 Å². The van der Waals surface area contributed by atoms with Gasteiger partial charge in [0.25, 0.3) is 0 Å². The Morgan fingerprint density at radius 2 is 1.60 bits per heavy atom. The van der Waals surface area contributed by atoms with Gasteiger partial charge in [0.2, 0.25) is 10.0 Å². The summed E-state index contributed by atoms with van der Waals surface area (Å²) in [5.41, 5.74) is 6.91. The highest BCUT2D eigenvalue weighted by atomic mass is 35.5. The van der Waals surface area contributed by atoms with Crippen molar-refractivity contribution in [1.29, 1.82) is 0 Å². The van der Waals surface area contributed by atoms with E-state index >= 15 is 0 Å². The van der Waals surface area contributed by atoms with Crippen LogP contribution in [0.25, 0.3) is 0 Å². The number of nitrogens with two attached hydrogens (primary N) is 1. The lowest BCUT2D eigenvalue weighted by Crippen LogP contribution is -2.26. The molecule has 0 saturated heterocycles. The number of sulfonamides is 1. The van der Waals surface area contributed by atoms with Crippen molar-refractivity contribution in [1.82, 2.24) is 4.72 Å². The number of halogens is 1. The van der Waals surface area contributed by atoms with Gasteiger partial charge in [-0.25, -0.2) is 13.1 Å². The van der Waals surface area contributed by atoms with Crippen molar-refractivity contribution in [2.45, 2.75) is 17.9 Å². The lowest BCUT2D eigenvalue weighted by atomic mass is 10.1. The second-order valence-electron chi connectivity index (χ2n) is 4.46. The summed E-state index contributed by atoms with van der Waals surface area (Å²) in [5, 5.41) is 0.613. The van der Waals surface area contributed by atoms with Crippen molar-refractivity contribution < 1.29 is 8.42 Å². The van der Waals surface area contributed by atoms with E-state index in [-0.39, 0.29) is 10.9 Å². The van der Waals surface area contributed by atoms with Crippen LogP contribution in [0.15, 0.2) is 53.4 Å². The van der Waals surface area contributed by atoms with E-state index in [4.69, 9.17) is 17.3 Å². The van der Waals surface area contributed by atoms with Gasteiger partial charge in [0, 0.05) is 16.8 Å². The molecule has 1 atom stereocenters. The van der Waals surface area contributed by atoms with Crippen molar-refractivity contribution in [3.05, 3.63) is 59.1 Å². The molecule has 20 heavy (non-hydrogen) atoms. The minimum atomic E-state index is -3.57. The highest BCUT2D eigenvalue weighted by Gasteiger charge is 2.18. The third-order valence-electron chi connectivity index (χ3n) is 2.89. The zero-order valence-corrected chi connectivity index (χ0v) is 12.4. The molecule has 0 spiro atoms. The Labute approximate surface area is 123 Å². The molecule has 3 N–H and O–H groups in total. The topological polar surface area (TPSA) is 72.2 Å². The maximum atomic E-state index is 12.2. The number of nitrogen functional groups attached to an aromatic ring is 1. The van der Waals surface area contributed by atoms with Crippen LogP contribution in [-0.4, -0.2) is 8.42 Å². The van der Waals surface area contributed by atoms with Crippen LogP contribution in [-0.2, 0) is 10.0 Å². The summed E-state index contributed by atoms with van der Waals surface area (Å²) in [7, 11) is -3.57. The smallest absolute Gasteiger partial charge is 0.241 e. The zero-order chi connectivity index (χ0) is 14.8. The number of hydrogen-bond donors (Lipinski definition) is 2. The highest BCUT2D eigenvalue weighted by Crippen LogP contribution is 2.19. The Kier molecular flexibility index (Phi) is 4.32. The normalized spacial score (nSPS) is 13.1. The van der Waals surface area contributed by atoms with Crippen LogP contribution < -0.4 is 10.5 Å². The third-order valence-corrected chi connectivity index (χ3v) is 4.70. The molecule has 2 aromatic rings. The minimum Gasteiger partial charge on any atom is -0.399 e. The summed E-state index contributed by atoms with van der Waals surface area (Å²) < 4.78 is 27.0. The molecular formula is C14H15ClN2O2S. The lowest BCUT2D eigenvalue weighted by Gasteiger charge is -2.15. The molecule has 0 aliphatic rings. The molecule has 0 bridgehead atoms. The van der Waals surface area contributed by atoms with Gasteiger partial charge in [-0.3, -0.25) is 0 Å². The van der Waals surface area contributed by atoms with E-state index in [2.05, 4.69) is 4.72 Å². The maximum Gasteiger partial charge on any atom is 0.241 e. The first-order chi connectivity index (χ1) is 9.38. The van der Waals surface area contributed by atoms with Gasteiger partial charge in [-0.1, -0.05) is 23.7 Å². The van der Waals surface area contributed by atoms with E-state index in [0.717, 1.165) is 5.56 Å². The van der Waals surface area contributed by atoms with Crippen molar-refractivity contribution in [2.75, 3.05) is 5.73 Å². The van der Waals surface area contributed by atoms with E-state index < -0.39 is 10.0 Å². The van der Waals surface area contributed by atoms with Crippen LogP contribution in [0.4, 0.5) is 5.69 Å². The Balaban J connectivity index is 2.19. The molecule has 4 nitrogen and oxygen atoms in total. The molecule has 0 aliphatic heterocycles. The molecule has 0 fully saturated rings. The molecule has 0 radical (unpaired) electrons. The van der Waals surface area contributed by atoms with Gasteiger partial charge in [-0.05, 0) is 48.9 Å². The fourth-order valence-corrected chi connectivity index (χ4v) is 3.13. The Hall–Kier alpha value is -1.56. The Morgan fingerprint density at radius 1 is 1.05 bits per heavy atom. The van der Waals surface area contributed by atoms with Gasteiger partial charge in [0.15, 0.2) is 0 Å². The molecular weight excluding hydrogens is 296 g/mol. The molecule has 0 amide bonds. The first kappa shape index (κ1) is 14.8. The molecule has 0 saturated carbocycles. The van der Waals surface area contributed by atoms with Crippen LogP contribution in [0.2, 0.25) is 5.02 Å². The number of hydrogen-bond acceptors (Lipinski definition) is 3. The SMILES string of the molecule is C[C@H](NS(=O)(=O)c1ccc(N)cc1)c1ccc(Cl)cc1. The number of nitrogens with one attached hydrogen (secondary N) is 1. The minimum absolute atomic E-state index is 0.188. The fourth-order valence-electron chi connectivity index (χ4n) is 1.77. The first-order valence-corrected chi connectivity index (χ1v) is 7.88. The van der Waals surface area contributed by atoms with Crippen molar-refractivity contribution >= 4 is 27.3 Å². The van der Waals surface area contributed by atoms with Crippen LogP contribution >= 0.6 is 11.6 Å². The summed E-state index contributed by atoms with van der Waals surface area (Å²) in [6, 6.07) is 12.8. The molecule has 2 rings (SSSR count). The largest absolute Gasteiger partial charge is 0.399 e.